The van der Waals surface area contributed by atoms with E-state index in [1.807, 2.05) is 12.1 Å². The maximum Gasteiger partial charge on any atom is 0.252 e. The van der Waals surface area contributed by atoms with E-state index in [2.05, 4.69) is 21.2 Å². The van der Waals surface area contributed by atoms with Gasteiger partial charge in [-0.05, 0) is 30.3 Å². The number of aromatic nitrogens is 1. The number of rotatable bonds is 6. The number of thiazole rings is 1. The van der Waals surface area contributed by atoms with Crippen molar-refractivity contribution in [3.05, 3.63) is 52.0 Å². The van der Waals surface area contributed by atoms with E-state index in [0.29, 0.717) is 22.2 Å². The molecule has 30 heavy (non-hydrogen) atoms. The van der Waals surface area contributed by atoms with Crippen LogP contribution in [0.2, 0.25) is 10.0 Å². The molecular formula is C21H22Cl2N4O2S. The van der Waals surface area contributed by atoms with Crippen LogP contribution in [-0.4, -0.2) is 62.2 Å². The van der Waals surface area contributed by atoms with Gasteiger partial charge >= 0.3 is 0 Å². The summed E-state index contributed by atoms with van der Waals surface area (Å²) in [6.07, 6.45) is 0. The van der Waals surface area contributed by atoms with Gasteiger partial charge in [-0.3, -0.25) is 9.69 Å². The molecule has 9 heteroatoms. The average molecular weight is 465 g/mol. The molecule has 6 nitrogen and oxygen atoms in total. The molecule has 1 N–H and O–H groups in total. The maximum atomic E-state index is 12.3. The van der Waals surface area contributed by atoms with Gasteiger partial charge in [0.1, 0.15) is 11.3 Å². The Morgan fingerprint density at radius 3 is 2.77 bits per heavy atom. The number of nitrogens with zero attached hydrogens (tertiary/aromatic N) is 3. The highest BCUT2D eigenvalue weighted by Crippen LogP contribution is 2.34. The third-order valence-electron chi connectivity index (χ3n) is 5.12. The van der Waals surface area contributed by atoms with Gasteiger partial charge < -0.3 is 15.0 Å². The number of nitrogens with one attached hydrogen (secondary N) is 1. The second-order valence-electron chi connectivity index (χ2n) is 7.01. The third-order valence-corrected chi connectivity index (χ3v) is 6.77. The molecule has 1 aliphatic rings. The first-order valence-corrected chi connectivity index (χ1v) is 11.3. The molecule has 0 radical (unpaired) electrons. The predicted octanol–water partition coefficient (Wildman–Crippen LogP) is 4.16. The Bertz CT molecular complexity index is 1050. The molecular weight excluding hydrogens is 443 g/mol. The van der Waals surface area contributed by atoms with Gasteiger partial charge in [-0.15, -0.1) is 0 Å². The normalized spacial score (nSPS) is 14.8. The van der Waals surface area contributed by atoms with Crippen molar-refractivity contribution in [1.82, 2.24) is 15.2 Å². The van der Waals surface area contributed by atoms with Crippen molar-refractivity contribution < 1.29 is 9.53 Å². The Hall–Kier alpha value is -2.06. The largest absolute Gasteiger partial charge is 0.494 e. The van der Waals surface area contributed by atoms with Crippen LogP contribution in [0.3, 0.4) is 0 Å². The fourth-order valence-corrected chi connectivity index (χ4v) is 4.88. The molecule has 2 aromatic carbocycles. The first kappa shape index (κ1) is 21.2. The monoisotopic (exact) mass is 464 g/mol. The molecule has 1 saturated heterocycles. The minimum Gasteiger partial charge on any atom is -0.494 e. The van der Waals surface area contributed by atoms with Gasteiger partial charge in [0.2, 0.25) is 0 Å². The number of fused-ring (bicyclic) bond motifs is 1. The van der Waals surface area contributed by atoms with Gasteiger partial charge in [0.15, 0.2) is 5.13 Å². The van der Waals surface area contributed by atoms with Crippen LogP contribution < -0.4 is 15.0 Å². The Kier molecular flexibility index (Phi) is 6.63. The molecule has 2 heterocycles. The molecule has 1 amide bonds. The van der Waals surface area contributed by atoms with E-state index in [0.717, 1.165) is 53.8 Å². The Morgan fingerprint density at radius 2 is 2.00 bits per heavy atom. The van der Waals surface area contributed by atoms with Crippen LogP contribution in [0.15, 0.2) is 36.4 Å². The summed E-state index contributed by atoms with van der Waals surface area (Å²) in [4.78, 5) is 21.8. The highest BCUT2D eigenvalue weighted by molar-refractivity contribution is 7.22. The minimum absolute atomic E-state index is 0.204. The van der Waals surface area contributed by atoms with Crippen molar-refractivity contribution in [3.8, 4) is 5.75 Å². The Morgan fingerprint density at radius 1 is 1.20 bits per heavy atom. The molecule has 0 atom stereocenters. The van der Waals surface area contributed by atoms with E-state index in [1.54, 1.807) is 36.6 Å². The summed E-state index contributed by atoms with van der Waals surface area (Å²) < 4.78 is 6.56. The zero-order valence-electron chi connectivity index (χ0n) is 16.5. The summed E-state index contributed by atoms with van der Waals surface area (Å²) in [6, 6.07) is 10.9. The number of carbonyl (C=O) groups is 1. The minimum atomic E-state index is -0.204. The van der Waals surface area contributed by atoms with Gasteiger partial charge in [-0.1, -0.05) is 40.6 Å². The number of halogens is 2. The quantitative estimate of drug-likeness (QED) is 0.593. The first-order chi connectivity index (χ1) is 14.5. The summed E-state index contributed by atoms with van der Waals surface area (Å²) in [5.41, 5.74) is 1.32. The van der Waals surface area contributed by atoms with Crippen molar-refractivity contribution in [1.29, 1.82) is 0 Å². The number of carbonyl (C=O) groups excluding carboxylic acids is 1. The predicted molar refractivity (Wildman–Crippen MR) is 124 cm³/mol. The number of benzene rings is 2. The standard InChI is InChI=1S/C21H22Cl2N4O2S/c1-29-17-3-2-4-18-19(17)25-21(30-18)27-11-9-26(10-12-27)8-7-24-20(28)15-13-14(22)5-6-16(15)23/h2-6,13H,7-12H2,1H3,(H,24,28). The molecule has 0 spiro atoms. The Labute approximate surface area is 189 Å². The van der Waals surface area contributed by atoms with Gasteiger partial charge in [0.05, 0.1) is 22.4 Å². The number of piperazine rings is 1. The van der Waals surface area contributed by atoms with Crippen molar-refractivity contribution in [2.45, 2.75) is 0 Å². The van der Waals surface area contributed by atoms with E-state index in [4.69, 9.17) is 32.9 Å². The van der Waals surface area contributed by atoms with E-state index >= 15 is 0 Å². The summed E-state index contributed by atoms with van der Waals surface area (Å²) in [6.45, 7) is 4.97. The molecule has 158 valence electrons. The summed E-state index contributed by atoms with van der Waals surface area (Å²) in [7, 11) is 1.67. The number of para-hydroxylation sites is 1. The topological polar surface area (TPSA) is 57.7 Å². The lowest BCUT2D eigenvalue weighted by Crippen LogP contribution is -2.48. The highest BCUT2D eigenvalue weighted by Gasteiger charge is 2.21. The highest BCUT2D eigenvalue weighted by atomic mass is 35.5. The van der Waals surface area contributed by atoms with Gasteiger partial charge in [0, 0.05) is 44.3 Å². The molecule has 0 unspecified atom stereocenters. The summed E-state index contributed by atoms with van der Waals surface area (Å²) >= 11 is 13.7. The second-order valence-corrected chi connectivity index (χ2v) is 8.86. The van der Waals surface area contributed by atoms with Crippen LogP contribution in [0.25, 0.3) is 10.2 Å². The summed E-state index contributed by atoms with van der Waals surface area (Å²) in [5.74, 6) is 0.605. The van der Waals surface area contributed by atoms with Gasteiger partial charge in [0.25, 0.3) is 5.91 Å². The van der Waals surface area contributed by atoms with Gasteiger partial charge in [-0.25, -0.2) is 4.98 Å². The Balaban J connectivity index is 1.28. The van der Waals surface area contributed by atoms with E-state index in [-0.39, 0.29) is 5.91 Å². The third kappa shape index (κ3) is 4.64. The lowest BCUT2D eigenvalue weighted by molar-refractivity contribution is 0.0948. The van der Waals surface area contributed by atoms with Crippen LogP contribution in [-0.2, 0) is 0 Å². The van der Waals surface area contributed by atoms with Gasteiger partial charge in [-0.2, -0.15) is 0 Å². The second kappa shape index (κ2) is 9.39. The number of methoxy groups -OCH3 is 1. The van der Waals surface area contributed by atoms with E-state index < -0.39 is 0 Å². The summed E-state index contributed by atoms with van der Waals surface area (Å²) in [5, 5.41) is 4.85. The van der Waals surface area contributed by atoms with Crippen LogP contribution in [0.5, 0.6) is 5.75 Å². The zero-order chi connectivity index (χ0) is 21.1. The van der Waals surface area contributed by atoms with E-state index in [9.17, 15) is 4.79 Å². The van der Waals surface area contributed by atoms with Crippen molar-refractivity contribution in [2.75, 3.05) is 51.3 Å². The first-order valence-electron chi connectivity index (χ1n) is 9.69. The molecule has 0 saturated carbocycles. The smallest absolute Gasteiger partial charge is 0.252 e. The maximum absolute atomic E-state index is 12.3. The molecule has 0 aliphatic carbocycles. The number of anilines is 1. The lowest BCUT2D eigenvalue weighted by atomic mass is 10.2. The number of amides is 1. The SMILES string of the molecule is COc1cccc2sc(N3CCN(CCNC(=O)c4cc(Cl)ccc4Cl)CC3)nc12. The lowest BCUT2D eigenvalue weighted by Gasteiger charge is -2.34. The molecule has 4 rings (SSSR count). The molecule has 3 aromatic rings. The van der Waals surface area contributed by atoms with Crippen LogP contribution >= 0.6 is 34.5 Å². The molecule has 0 bridgehead atoms. The van der Waals surface area contributed by atoms with Crippen molar-refractivity contribution >= 4 is 55.8 Å². The molecule has 1 fully saturated rings. The van der Waals surface area contributed by atoms with E-state index in [1.165, 1.54) is 0 Å². The average Bonchev–Trinajstić information content (AvgIpc) is 3.20. The number of hydrogen-bond acceptors (Lipinski definition) is 6. The van der Waals surface area contributed by atoms with Crippen LogP contribution in [0, 0.1) is 0 Å². The fourth-order valence-electron chi connectivity index (χ4n) is 3.47. The van der Waals surface area contributed by atoms with Crippen LogP contribution in [0.1, 0.15) is 10.4 Å². The van der Waals surface area contributed by atoms with Crippen molar-refractivity contribution in [2.24, 2.45) is 0 Å². The molecule has 1 aliphatic heterocycles. The number of ether oxygens (including phenoxy) is 1. The van der Waals surface area contributed by atoms with Crippen molar-refractivity contribution in [3.63, 3.8) is 0 Å². The van der Waals surface area contributed by atoms with Crippen LogP contribution in [0.4, 0.5) is 5.13 Å². The zero-order valence-corrected chi connectivity index (χ0v) is 18.9. The number of hydrogen-bond donors (Lipinski definition) is 1. The fraction of sp³-hybridized carbons (Fsp3) is 0.333. The molecule has 1 aromatic heterocycles.